The van der Waals surface area contributed by atoms with Gasteiger partial charge in [-0.05, 0) is 30.3 Å². The number of nitrogens with one attached hydrogen (secondary N) is 1. The van der Waals surface area contributed by atoms with E-state index in [1.807, 2.05) is 0 Å². The molecule has 0 bridgehead atoms. The average molecular weight is 419 g/mol. The molecule has 0 spiro atoms. The highest BCUT2D eigenvalue weighted by molar-refractivity contribution is 7.89. The van der Waals surface area contributed by atoms with Crippen molar-refractivity contribution in [3.63, 3.8) is 0 Å². The van der Waals surface area contributed by atoms with E-state index in [1.54, 1.807) is 24.3 Å². The fraction of sp³-hybridized carbons (Fsp3) is 0.263. The maximum absolute atomic E-state index is 12.7. The number of para-hydroxylation sites is 1. The fourth-order valence-corrected chi connectivity index (χ4v) is 4.26. The van der Waals surface area contributed by atoms with Crippen LogP contribution in [0.5, 0.6) is 5.75 Å². The molecule has 2 aromatic rings. The minimum atomic E-state index is -3.67. The lowest BCUT2D eigenvalue weighted by atomic mass is 10.2. The Morgan fingerprint density at radius 2 is 1.83 bits per heavy atom. The van der Waals surface area contributed by atoms with Gasteiger partial charge in [0.05, 0.1) is 23.7 Å². The Kier molecular flexibility index (Phi) is 6.47. The van der Waals surface area contributed by atoms with E-state index in [-0.39, 0.29) is 35.9 Å². The molecule has 3 rings (SSSR count). The van der Waals surface area contributed by atoms with E-state index in [4.69, 9.17) is 15.2 Å². The molecule has 0 atom stereocenters. The number of anilines is 1. The van der Waals surface area contributed by atoms with Crippen LogP contribution >= 0.6 is 0 Å². The summed E-state index contributed by atoms with van der Waals surface area (Å²) in [6.07, 6.45) is 0. The van der Waals surface area contributed by atoms with E-state index in [0.717, 1.165) is 0 Å². The number of hydrogen-bond donors (Lipinski definition) is 2. The Morgan fingerprint density at radius 1 is 1.10 bits per heavy atom. The average Bonchev–Trinajstić information content (AvgIpc) is 2.73. The van der Waals surface area contributed by atoms with Crippen molar-refractivity contribution in [3.8, 4) is 5.75 Å². The number of primary amides is 1. The van der Waals surface area contributed by atoms with Crippen LogP contribution in [0.2, 0.25) is 0 Å². The molecule has 1 aliphatic heterocycles. The van der Waals surface area contributed by atoms with Gasteiger partial charge in [0.1, 0.15) is 5.75 Å². The zero-order valence-electron chi connectivity index (χ0n) is 15.5. The second kappa shape index (κ2) is 9.03. The second-order valence-electron chi connectivity index (χ2n) is 6.24. The van der Waals surface area contributed by atoms with Gasteiger partial charge in [0.15, 0.2) is 6.61 Å². The molecule has 0 saturated carbocycles. The number of hydrogen-bond acceptors (Lipinski definition) is 6. The highest BCUT2D eigenvalue weighted by atomic mass is 32.2. The van der Waals surface area contributed by atoms with Gasteiger partial charge in [-0.3, -0.25) is 9.59 Å². The minimum absolute atomic E-state index is 0.0807. The Bertz CT molecular complexity index is 1000. The van der Waals surface area contributed by atoms with Crippen LogP contribution in [-0.4, -0.2) is 57.4 Å². The molecule has 9 nitrogen and oxygen atoms in total. The molecular weight excluding hydrogens is 398 g/mol. The van der Waals surface area contributed by atoms with Gasteiger partial charge in [-0.1, -0.05) is 18.2 Å². The number of carbonyl (C=O) groups excluding carboxylic acids is 2. The molecule has 1 aliphatic rings. The smallest absolute Gasteiger partial charge is 0.262 e. The van der Waals surface area contributed by atoms with Crippen LogP contribution in [-0.2, 0) is 19.6 Å². The summed E-state index contributed by atoms with van der Waals surface area (Å²) in [6, 6.07) is 12.3. The molecule has 1 fully saturated rings. The number of nitrogens with two attached hydrogens (primary N) is 1. The zero-order valence-corrected chi connectivity index (χ0v) is 16.4. The quantitative estimate of drug-likeness (QED) is 0.684. The van der Waals surface area contributed by atoms with E-state index < -0.39 is 21.8 Å². The summed E-state index contributed by atoms with van der Waals surface area (Å²) in [7, 11) is -3.67. The van der Waals surface area contributed by atoms with Crippen molar-refractivity contribution >= 4 is 27.5 Å². The van der Waals surface area contributed by atoms with Gasteiger partial charge in [0.25, 0.3) is 11.8 Å². The largest absolute Gasteiger partial charge is 0.483 e. The zero-order chi connectivity index (χ0) is 20.9. The SMILES string of the molecule is NC(=O)c1ccccc1OCC(=O)Nc1cccc(S(=O)(=O)N2CCOCC2)c1. The third kappa shape index (κ3) is 5.11. The van der Waals surface area contributed by atoms with Crippen LogP contribution < -0.4 is 15.8 Å². The summed E-state index contributed by atoms with van der Waals surface area (Å²) in [5.74, 6) is -0.981. The van der Waals surface area contributed by atoms with Crippen LogP contribution in [0, 0.1) is 0 Å². The normalized spacial score (nSPS) is 14.9. The molecule has 0 aliphatic carbocycles. The monoisotopic (exact) mass is 419 g/mol. The highest BCUT2D eigenvalue weighted by Crippen LogP contribution is 2.21. The van der Waals surface area contributed by atoms with Crippen molar-refractivity contribution < 1.29 is 27.5 Å². The first-order valence-corrected chi connectivity index (χ1v) is 10.3. The highest BCUT2D eigenvalue weighted by Gasteiger charge is 2.26. The Balaban J connectivity index is 1.66. The molecule has 10 heteroatoms. The maximum Gasteiger partial charge on any atom is 0.262 e. The van der Waals surface area contributed by atoms with Crippen molar-refractivity contribution in [2.24, 2.45) is 5.73 Å². The van der Waals surface area contributed by atoms with Gasteiger partial charge < -0.3 is 20.5 Å². The third-order valence-electron chi connectivity index (χ3n) is 4.24. The molecule has 1 saturated heterocycles. The number of sulfonamides is 1. The molecule has 3 N–H and O–H groups in total. The van der Waals surface area contributed by atoms with E-state index in [1.165, 1.54) is 28.6 Å². The molecule has 0 aromatic heterocycles. The van der Waals surface area contributed by atoms with Gasteiger partial charge in [0.2, 0.25) is 10.0 Å². The number of morpholine rings is 1. The molecule has 2 aromatic carbocycles. The summed E-state index contributed by atoms with van der Waals surface area (Å²) in [4.78, 5) is 23.7. The maximum atomic E-state index is 12.7. The molecule has 2 amide bonds. The van der Waals surface area contributed by atoms with Gasteiger partial charge in [-0.2, -0.15) is 4.31 Å². The number of carbonyl (C=O) groups is 2. The Morgan fingerprint density at radius 3 is 2.55 bits per heavy atom. The predicted molar refractivity (Wildman–Crippen MR) is 105 cm³/mol. The van der Waals surface area contributed by atoms with Crippen molar-refractivity contribution in [3.05, 3.63) is 54.1 Å². The van der Waals surface area contributed by atoms with Gasteiger partial charge >= 0.3 is 0 Å². The van der Waals surface area contributed by atoms with Gasteiger partial charge in [0, 0.05) is 18.8 Å². The molecule has 29 heavy (non-hydrogen) atoms. The first-order valence-electron chi connectivity index (χ1n) is 8.87. The lowest BCUT2D eigenvalue weighted by Gasteiger charge is -2.26. The molecular formula is C19H21N3O6S. The molecule has 0 radical (unpaired) electrons. The predicted octanol–water partition coefficient (Wildman–Crippen LogP) is 0.824. The fourth-order valence-electron chi connectivity index (χ4n) is 2.81. The number of nitrogens with zero attached hydrogens (tertiary/aromatic N) is 1. The van der Waals surface area contributed by atoms with Crippen LogP contribution in [0.3, 0.4) is 0 Å². The summed E-state index contributed by atoms with van der Waals surface area (Å²) < 4.78 is 37.4. The molecule has 0 unspecified atom stereocenters. The molecule has 1 heterocycles. The van der Waals surface area contributed by atoms with Crippen molar-refractivity contribution in [1.29, 1.82) is 0 Å². The minimum Gasteiger partial charge on any atom is -0.483 e. The van der Waals surface area contributed by atoms with Gasteiger partial charge in [-0.25, -0.2) is 8.42 Å². The Labute approximate surface area is 168 Å². The van der Waals surface area contributed by atoms with Crippen LogP contribution in [0.4, 0.5) is 5.69 Å². The summed E-state index contributed by atoms with van der Waals surface area (Å²) in [6.45, 7) is 0.891. The Hall–Kier alpha value is -2.95. The van der Waals surface area contributed by atoms with Crippen molar-refractivity contribution in [2.45, 2.75) is 4.90 Å². The number of rotatable bonds is 7. The van der Waals surface area contributed by atoms with Crippen molar-refractivity contribution in [1.82, 2.24) is 4.31 Å². The second-order valence-corrected chi connectivity index (χ2v) is 8.18. The van der Waals surface area contributed by atoms with E-state index >= 15 is 0 Å². The summed E-state index contributed by atoms with van der Waals surface area (Å²) in [5.41, 5.74) is 5.76. The molecule has 154 valence electrons. The van der Waals surface area contributed by atoms with E-state index in [0.29, 0.717) is 18.9 Å². The van der Waals surface area contributed by atoms with E-state index in [2.05, 4.69) is 5.32 Å². The van der Waals surface area contributed by atoms with Crippen LogP contribution in [0.15, 0.2) is 53.4 Å². The van der Waals surface area contributed by atoms with Gasteiger partial charge in [-0.15, -0.1) is 0 Å². The lowest BCUT2D eigenvalue weighted by molar-refractivity contribution is -0.118. The first-order chi connectivity index (χ1) is 13.9. The number of amides is 2. The third-order valence-corrected chi connectivity index (χ3v) is 6.13. The summed E-state index contributed by atoms with van der Waals surface area (Å²) in [5, 5.41) is 2.59. The van der Waals surface area contributed by atoms with Crippen LogP contribution in [0.1, 0.15) is 10.4 Å². The van der Waals surface area contributed by atoms with E-state index in [9.17, 15) is 18.0 Å². The van der Waals surface area contributed by atoms with Crippen molar-refractivity contribution in [2.75, 3.05) is 38.2 Å². The lowest BCUT2D eigenvalue weighted by Crippen LogP contribution is -2.40. The topological polar surface area (TPSA) is 128 Å². The standard InChI is InChI=1S/C19H21N3O6S/c20-19(24)16-6-1-2-7-17(16)28-13-18(23)21-14-4-3-5-15(12-14)29(25,26)22-8-10-27-11-9-22/h1-7,12H,8-11,13H2,(H2,20,24)(H,21,23). The number of ether oxygens (including phenoxy) is 2. The first kappa shape index (κ1) is 20.8. The van der Waals surface area contributed by atoms with Crippen LogP contribution in [0.25, 0.3) is 0 Å². The number of benzene rings is 2. The summed E-state index contributed by atoms with van der Waals surface area (Å²) >= 11 is 0.